The summed E-state index contributed by atoms with van der Waals surface area (Å²) in [5.41, 5.74) is 31.0. The van der Waals surface area contributed by atoms with Gasteiger partial charge in [0.25, 0.3) is 0 Å². The second kappa shape index (κ2) is 33.9. The van der Waals surface area contributed by atoms with Crippen molar-refractivity contribution < 1.29 is 22.6 Å². The van der Waals surface area contributed by atoms with Gasteiger partial charge in [-0.25, -0.2) is 0 Å². The van der Waals surface area contributed by atoms with Crippen molar-refractivity contribution in [2.24, 2.45) is 0 Å². The van der Waals surface area contributed by atoms with Gasteiger partial charge in [0.15, 0.2) is 0 Å². The van der Waals surface area contributed by atoms with Gasteiger partial charge in [0.05, 0.1) is 12.0 Å². The van der Waals surface area contributed by atoms with E-state index in [1.807, 2.05) is 12.1 Å². The van der Waals surface area contributed by atoms with Crippen molar-refractivity contribution >= 4 is 34.1 Å². The molecule has 13 aromatic rings. The Kier molecular flexibility index (Phi) is 23.5. The highest BCUT2D eigenvalue weighted by atomic mass is 19.3. The largest absolute Gasteiger partial charge is 0.493 e. The van der Waals surface area contributed by atoms with Crippen molar-refractivity contribution in [2.75, 3.05) is 16.4 Å². The Morgan fingerprint density at radius 3 is 1.11 bits per heavy atom. The number of unbranched alkanes of at least 4 members (excludes halogenated alkanes) is 7. The monoisotopic (exact) mass is 1490 g/mol. The molecule has 0 saturated carbocycles. The van der Waals surface area contributed by atoms with Crippen LogP contribution in [0.5, 0.6) is 11.5 Å². The van der Waals surface area contributed by atoms with E-state index in [0.717, 1.165) is 103 Å². The topological polar surface area (TPSA) is 24.9 Å². The zero-order chi connectivity index (χ0) is 79.1. The summed E-state index contributed by atoms with van der Waals surface area (Å²) in [6.07, 6.45) is 8.49. The van der Waals surface area contributed by atoms with E-state index in [9.17, 15) is 13.2 Å². The molecule has 0 radical (unpaired) electrons. The Morgan fingerprint density at radius 2 is 0.726 bits per heavy atom. The van der Waals surface area contributed by atoms with Gasteiger partial charge in [0.2, 0.25) is 0 Å². The molecule has 13 aromatic carbocycles. The summed E-state index contributed by atoms with van der Waals surface area (Å²) in [7, 11) is 0. The molecule has 2 atom stereocenters. The summed E-state index contributed by atoms with van der Waals surface area (Å²) in [5.74, 6) is 1.36. The maximum absolute atomic E-state index is 13.8. The molecule has 14 rings (SSSR count). The van der Waals surface area contributed by atoms with E-state index < -0.39 is 17.5 Å². The molecule has 0 N–H and O–H groups in total. The first-order chi connectivity index (χ1) is 54.5. The van der Waals surface area contributed by atoms with Crippen LogP contribution in [0.4, 0.5) is 47.3 Å². The van der Waals surface area contributed by atoms with Crippen LogP contribution in [0, 0.1) is 20.8 Å². The van der Waals surface area contributed by atoms with E-state index in [2.05, 4.69) is 348 Å². The van der Waals surface area contributed by atoms with E-state index in [1.165, 1.54) is 129 Å². The SMILES string of the molecule is CCCCCCCCCCOc1ccc(C2(c3cc(C)ccc3C)c3cc(-c4ccc(N(c5ccc(-c6ccc(OC(F)=C(F)F)cc6)cc5)c5ccc(-c6ccc(C(C)(C)C)cc6)cc5)cc4)ccc3-c3ccc(-c4ccc(N(c5ccc(-c6ccc(C(C)(C)C)cc6)cc5)c5ccc(C(C)CC)cc5)cc4)cc32)cc1C. The first-order valence-electron chi connectivity index (χ1n) is 40.6. The molecule has 0 aromatic heterocycles. The Morgan fingerprint density at radius 1 is 0.363 bits per heavy atom. The van der Waals surface area contributed by atoms with Crippen LogP contribution < -0.4 is 19.3 Å². The van der Waals surface area contributed by atoms with Gasteiger partial charge in [-0.3, -0.25) is 0 Å². The number of fused-ring (bicyclic) bond motifs is 3. The van der Waals surface area contributed by atoms with Crippen molar-refractivity contribution in [2.45, 2.75) is 163 Å². The van der Waals surface area contributed by atoms with Crippen LogP contribution in [0.2, 0.25) is 0 Å². The van der Waals surface area contributed by atoms with Crippen molar-refractivity contribution in [3.05, 3.63) is 359 Å². The third-order valence-electron chi connectivity index (χ3n) is 23.1. The average molecular weight is 1500 g/mol. The second-order valence-corrected chi connectivity index (χ2v) is 33.0. The summed E-state index contributed by atoms with van der Waals surface area (Å²) in [6, 6.07) is 104. The van der Waals surface area contributed by atoms with Gasteiger partial charge in [-0.15, -0.1) is 0 Å². The number of aryl methyl sites for hydroxylation is 3. The van der Waals surface area contributed by atoms with Gasteiger partial charge in [-0.1, -0.05) is 301 Å². The summed E-state index contributed by atoms with van der Waals surface area (Å²) in [5, 5.41) is 0. The van der Waals surface area contributed by atoms with E-state index >= 15 is 0 Å². The number of hydrogen-bond donors (Lipinski definition) is 0. The highest BCUT2D eigenvalue weighted by Crippen LogP contribution is 2.59. The summed E-state index contributed by atoms with van der Waals surface area (Å²) in [4.78, 5) is 4.66. The number of anilines is 6. The van der Waals surface area contributed by atoms with Gasteiger partial charge < -0.3 is 19.3 Å². The predicted octanol–water partition coefficient (Wildman–Crippen LogP) is 31.3. The summed E-state index contributed by atoms with van der Waals surface area (Å²) in [6.45, 7) is 27.7. The van der Waals surface area contributed by atoms with Crippen molar-refractivity contribution in [1.29, 1.82) is 0 Å². The number of rotatable bonds is 27. The van der Waals surface area contributed by atoms with Crippen molar-refractivity contribution in [3.8, 4) is 78.3 Å². The highest BCUT2D eigenvalue weighted by molar-refractivity contribution is 5.92. The van der Waals surface area contributed by atoms with Crippen LogP contribution in [0.25, 0.3) is 66.8 Å². The maximum Gasteiger partial charge on any atom is 0.344 e. The molecule has 0 spiro atoms. The molecule has 7 heteroatoms. The molecule has 0 bridgehead atoms. The van der Waals surface area contributed by atoms with Gasteiger partial charge in [-0.05, 0) is 270 Å². The standard InChI is InChI=1S/C106H105F3N2O2/c1-13-15-16-17-18-19-20-21-66-112-101-65-48-88(68-74(101)6)106(98-67-71(3)22-23-73(98)5)99-69-84(82-36-57-93(58-37-82)110(89-49-28-75(29-50-89)72(4)14-2)90-51-30-78(31-52-90)76-24-44-86(45-25-76)104(7,8)9)42-63-96(99)97-64-43-85(70-100(97)106)83-38-59-94(60-39-83)111(91-53-32-79(33-54-91)77-26-46-87(47-27-77)105(10,11)12)92-55-34-80(35-56-92)81-40-61-95(62-41-81)113-103(109)102(107)108/h22-65,67-70,72H,13-21,66H2,1-12H3. The fraction of sp³-hybridized carbons (Fsp3) is 0.245. The highest BCUT2D eigenvalue weighted by Gasteiger charge is 2.48. The predicted molar refractivity (Wildman–Crippen MR) is 470 cm³/mol. The lowest BCUT2D eigenvalue weighted by Gasteiger charge is -2.36. The lowest BCUT2D eigenvalue weighted by molar-refractivity contribution is 0.241. The Balaban J connectivity index is 0.851. The van der Waals surface area contributed by atoms with Gasteiger partial charge >= 0.3 is 12.1 Å². The van der Waals surface area contributed by atoms with Gasteiger partial charge in [0, 0.05) is 34.1 Å². The molecule has 0 aliphatic heterocycles. The van der Waals surface area contributed by atoms with E-state index in [0.29, 0.717) is 12.5 Å². The van der Waals surface area contributed by atoms with Crippen molar-refractivity contribution in [3.63, 3.8) is 0 Å². The zero-order valence-corrected chi connectivity index (χ0v) is 67.7. The van der Waals surface area contributed by atoms with Crippen LogP contribution >= 0.6 is 0 Å². The molecule has 0 fully saturated rings. The minimum atomic E-state index is -2.51. The summed E-state index contributed by atoms with van der Waals surface area (Å²) >= 11 is 0. The first-order valence-corrected chi connectivity index (χ1v) is 40.6. The summed E-state index contributed by atoms with van der Waals surface area (Å²) < 4.78 is 51.2. The van der Waals surface area contributed by atoms with Gasteiger partial charge in [0.1, 0.15) is 11.5 Å². The number of nitrogens with zero attached hydrogens (tertiary/aromatic N) is 2. The molecule has 0 amide bonds. The third kappa shape index (κ3) is 17.0. The lowest BCUT2D eigenvalue weighted by Crippen LogP contribution is -2.30. The lowest BCUT2D eigenvalue weighted by atomic mass is 9.65. The number of benzene rings is 13. The maximum atomic E-state index is 13.8. The average Bonchev–Trinajstić information content (AvgIpc) is 1.54. The molecular weight excluding hydrogens is 1390 g/mol. The van der Waals surface area contributed by atoms with Crippen molar-refractivity contribution in [1.82, 2.24) is 0 Å². The molecule has 0 saturated heterocycles. The fourth-order valence-corrected chi connectivity index (χ4v) is 16.3. The second-order valence-electron chi connectivity index (χ2n) is 33.0. The van der Waals surface area contributed by atoms with Crippen LogP contribution in [0.15, 0.2) is 303 Å². The molecular formula is C106H105F3N2O2. The molecule has 0 heterocycles. The van der Waals surface area contributed by atoms with Crippen LogP contribution in [-0.2, 0) is 16.2 Å². The number of ether oxygens (including phenoxy) is 2. The Bertz CT molecular complexity index is 5460. The number of hydrogen-bond acceptors (Lipinski definition) is 4. The zero-order valence-electron chi connectivity index (χ0n) is 67.7. The molecule has 1 aliphatic carbocycles. The van der Waals surface area contributed by atoms with Crippen LogP contribution in [-0.4, -0.2) is 6.61 Å². The van der Waals surface area contributed by atoms with Gasteiger partial charge in [-0.2, -0.15) is 13.2 Å². The number of halogens is 3. The van der Waals surface area contributed by atoms with Crippen LogP contribution in [0.1, 0.15) is 182 Å². The Hall–Kier alpha value is -11.4. The minimum absolute atomic E-state index is 0.0221. The Labute approximate surface area is 669 Å². The normalized spacial score (nSPS) is 13.4. The first kappa shape index (κ1) is 78.3. The van der Waals surface area contributed by atoms with Crippen LogP contribution in [0.3, 0.4) is 0 Å². The molecule has 572 valence electrons. The smallest absolute Gasteiger partial charge is 0.344 e. The fourth-order valence-electron chi connectivity index (χ4n) is 16.3. The minimum Gasteiger partial charge on any atom is -0.493 e. The quantitative estimate of drug-likeness (QED) is 0.0378. The molecule has 1 aliphatic rings. The van der Waals surface area contributed by atoms with E-state index in [1.54, 1.807) is 12.1 Å². The third-order valence-corrected chi connectivity index (χ3v) is 23.1. The van der Waals surface area contributed by atoms with E-state index in [-0.39, 0.29) is 16.6 Å². The molecule has 113 heavy (non-hydrogen) atoms. The molecule has 2 unspecified atom stereocenters. The molecule has 4 nitrogen and oxygen atoms in total. The van der Waals surface area contributed by atoms with E-state index in [4.69, 9.17) is 9.47 Å².